The van der Waals surface area contributed by atoms with Crippen LogP contribution in [0.15, 0.2) is 18.2 Å². The number of likely N-dealkylation sites (N-methyl/N-ethyl adjacent to an activating group) is 1. The highest BCUT2D eigenvalue weighted by Crippen LogP contribution is 2.33. The highest BCUT2D eigenvalue weighted by molar-refractivity contribution is 5.44. The number of benzene rings is 1. The molecule has 1 fully saturated rings. The molecular weight excluding hydrogens is 356 g/mol. The number of piperazine rings is 1. The molecule has 0 N–H and O–H groups in total. The molecule has 0 bridgehead atoms. The summed E-state index contributed by atoms with van der Waals surface area (Å²) in [5, 5.41) is 12.8. The van der Waals surface area contributed by atoms with Gasteiger partial charge in [-0.05, 0) is 41.1 Å². The Morgan fingerprint density at radius 2 is 1.89 bits per heavy atom. The smallest absolute Gasteiger partial charge is 0.231 e. The molecule has 0 spiro atoms. The van der Waals surface area contributed by atoms with Gasteiger partial charge in [-0.2, -0.15) is 0 Å². The van der Waals surface area contributed by atoms with E-state index in [1.54, 1.807) is 0 Å². The lowest BCUT2D eigenvalue weighted by Gasteiger charge is -2.38. The maximum absolute atomic E-state index is 5.51. The zero-order valence-corrected chi connectivity index (χ0v) is 16.9. The molecule has 28 heavy (non-hydrogen) atoms. The lowest BCUT2D eigenvalue weighted by molar-refractivity contribution is 0.0882. The largest absolute Gasteiger partial charge is 0.454 e. The molecule has 8 heteroatoms. The molecule has 0 amide bonds. The Balaban J connectivity index is 1.52. The van der Waals surface area contributed by atoms with Crippen LogP contribution in [0.1, 0.15) is 50.5 Å². The Kier molecular flexibility index (Phi) is 6.07. The van der Waals surface area contributed by atoms with Crippen LogP contribution in [-0.4, -0.2) is 69.5 Å². The van der Waals surface area contributed by atoms with Gasteiger partial charge in [-0.25, -0.2) is 4.68 Å². The first kappa shape index (κ1) is 19.1. The molecule has 1 atom stereocenters. The van der Waals surface area contributed by atoms with Crippen molar-refractivity contribution in [1.29, 1.82) is 0 Å². The number of hydrogen-bond acceptors (Lipinski definition) is 7. The molecular formula is C20H30N6O2. The molecule has 1 unspecified atom stereocenters. The van der Waals surface area contributed by atoms with Crippen molar-refractivity contribution in [2.75, 3.05) is 39.5 Å². The van der Waals surface area contributed by atoms with Gasteiger partial charge in [-0.3, -0.25) is 4.90 Å². The minimum absolute atomic E-state index is 0.267. The van der Waals surface area contributed by atoms with Crippen molar-refractivity contribution >= 4 is 0 Å². The van der Waals surface area contributed by atoms with Crippen molar-refractivity contribution in [3.8, 4) is 11.5 Å². The molecule has 3 heterocycles. The van der Waals surface area contributed by atoms with Crippen molar-refractivity contribution in [2.24, 2.45) is 0 Å². The number of rotatable bonds is 8. The number of nitrogens with zero attached hydrogens (tertiary/aromatic N) is 6. The molecule has 0 radical (unpaired) electrons. The van der Waals surface area contributed by atoms with Crippen LogP contribution in [0.5, 0.6) is 11.5 Å². The maximum atomic E-state index is 5.51. The van der Waals surface area contributed by atoms with Crippen molar-refractivity contribution in [3.63, 3.8) is 0 Å². The Hall–Kier alpha value is -2.19. The summed E-state index contributed by atoms with van der Waals surface area (Å²) >= 11 is 0. The predicted octanol–water partition coefficient (Wildman–Crippen LogP) is 2.32. The van der Waals surface area contributed by atoms with Crippen LogP contribution in [0, 0.1) is 0 Å². The zero-order chi connectivity index (χ0) is 19.3. The van der Waals surface area contributed by atoms with Crippen molar-refractivity contribution in [2.45, 2.75) is 45.7 Å². The van der Waals surface area contributed by atoms with Gasteiger partial charge in [0.1, 0.15) is 0 Å². The van der Waals surface area contributed by atoms with E-state index in [-0.39, 0.29) is 12.8 Å². The summed E-state index contributed by atoms with van der Waals surface area (Å²) in [5.41, 5.74) is 1.11. The minimum Gasteiger partial charge on any atom is -0.454 e. The molecule has 2 aliphatic rings. The molecule has 152 valence electrons. The predicted molar refractivity (Wildman–Crippen MR) is 105 cm³/mol. The summed E-state index contributed by atoms with van der Waals surface area (Å²) < 4.78 is 12.9. The topological polar surface area (TPSA) is 68.5 Å². The van der Waals surface area contributed by atoms with E-state index in [1.807, 2.05) is 16.8 Å². The second-order valence-corrected chi connectivity index (χ2v) is 7.51. The van der Waals surface area contributed by atoms with Crippen LogP contribution >= 0.6 is 0 Å². The van der Waals surface area contributed by atoms with Crippen LogP contribution < -0.4 is 9.47 Å². The number of fused-ring (bicyclic) bond motifs is 1. The highest BCUT2D eigenvalue weighted by Gasteiger charge is 2.28. The van der Waals surface area contributed by atoms with E-state index in [2.05, 4.69) is 45.2 Å². The number of unbranched alkanes of at least 4 members (excludes halogenated alkanes) is 1. The fourth-order valence-corrected chi connectivity index (χ4v) is 4.04. The Morgan fingerprint density at radius 3 is 2.68 bits per heavy atom. The molecule has 0 aliphatic carbocycles. The van der Waals surface area contributed by atoms with Crippen LogP contribution in [0.2, 0.25) is 0 Å². The van der Waals surface area contributed by atoms with Gasteiger partial charge in [-0.15, -0.1) is 5.10 Å². The standard InChI is InChI=1S/C20H30N6O2/c1-3-5-6-17(25-11-9-24(4-2)10-12-25)20-21-22-23-26(20)14-16-7-8-18-19(13-16)28-15-27-18/h7-8,13,17H,3-6,9-12,14-15H2,1-2H3. The van der Waals surface area contributed by atoms with Gasteiger partial charge in [0, 0.05) is 26.2 Å². The number of ether oxygens (including phenoxy) is 2. The van der Waals surface area contributed by atoms with Crippen LogP contribution in [0.4, 0.5) is 0 Å². The monoisotopic (exact) mass is 386 g/mol. The number of hydrogen-bond donors (Lipinski definition) is 0. The van der Waals surface area contributed by atoms with Gasteiger partial charge in [0.05, 0.1) is 12.6 Å². The summed E-state index contributed by atoms with van der Waals surface area (Å²) in [5.74, 6) is 2.57. The minimum atomic E-state index is 0.267. The lowest BCUT2D eigenvalue weighted by Crippen LogP contribution is -2.47. The average molecular weight is 387 g/mol. The molecule has 1 aromatic carbocycles. The van der Waals surface area contributed by atoms with Gasteiger partial charge in [0.2, 0.25) is 6.79 Å². The summed E-state index contributed by atoms with van der Waals surface area (Å²) in [7, 11) is 0. The number of aromatic nitrogens is 4. The van der Waals surface area contributed by atoms with Crippen LogP contribution in [0.3, 0.4) is 0 Å². The van der Waals surface area contributed by atoms with Gasteiger partial charge >= 0.3 is 0 Å². The summed E-state index contributed by atoms with van der Waals surface area (Å²) in [6, 6.07) is 6.30. The van der Waals surface area contributed by atoms with Gasteiger partial charge < -0.3 is 14.4 Å². The second kappa shape index (κ2) is 8.87. The Bertz CT molecular complexity index is 772. The quantitative estimate of drug-likeness (QED) is 0.690. The first-order valence-electron chi connectivity index (χ1n) is 10.4. The summed E-state index contributed by atoms with van der Waals surface area (Å²) in [6.45, 7) is 10.9. The molecule has 1 aromatic heterocycles. The van der Waals surface area contributed by atoms with E-state index < -0.39 is 0 Å². The molecule has 0 saturated carbocycles. The Labute approximate surface area is 166 Å². The van der Waals surface area contributed by atoms with Gasteiger partial charge in [0.15, 0.2) is 17.3 Å². The lowest BCUT2D eigenvalue weighted by atomic mass is 10.1. The third-order valence-corrected chi connectivity index (χ3v) is 5.75. The summed E-state index contributed by atoms with van der Waals surface area (Å²) in [4.78, 5) is 5.06. The molecule has 2 aromatic rings. The van der Waals surface area contributed by atoms with Crippen LogP contribution in [0.25, 0.3) is 0 Å². The van der Waals surface area contributed by atoms with Gasteiger partial charge in [0.25, 0.3) is 0 Å². The van der Waals surface area contributed by atoms with E-state index in [4.69, 9.17) is 9.47 Å². The van der Waals surface area contributed by atoms with E-state index >= 15 is 0 Å². The highest BCUT2D eigenvalue weighted by atomic mass is 16.7. The van der Waals surface area contributed by atoms with E-state index in [0.29, 0.717) is 6.54 Å². The molecule has 4 rings (SSSR count). The van der Waals surface area contributed by atoms with Crippen LogP contribution in [-0.2, 0) is 6.54 Å². The first-order valence-corrected chi connectivity index (χ1v) is 10.4. The molecule has 8 nitrogen and oxygen atoms in total. The number of tetrazole rings is 1. The average Bonchev–Trinajstić information content (AvgIpc) is 3.38. The molecule has 2 aliphatic heterocycles. The van der Waals surface area contributed by atoms with Crippen molar-refractivity contribution in [3.05, 3.63) is 29.6 Å². The summed E-state index contributed by atoms with van der Waals surface area (Å²) in [6.07, 6.45) is 3.44. The fourth-order valence-electron chi connectivity index (χ4n) is 4.04. The fraction of sp³-hybridized carbons (Fsp3) is 0.650. The first-order chi connectivity index (χ1) is 13.8. The van der Waals surface area contributed by atoms with E-state index in [1.165, 1.54) is 12.8 Å². The van der Waals surface area contributed by atoms with E-state index in [9.17, 15) is 0 Å². The normalized spacial score (nSPS) is 18.5. The SMILES string of the molecule is CCCCC(c1nnnn1Cc1ccc2c(c1)OCO2)N1CCN(CC)CC1. The second-order valence-electron chi connectivity index (χ2n) is 7.51. The molecule has 1 saturated heterocycles. The third kappa shape index (κ3) is 4.12. The van der Waals surface area contributed by atoms with Crippen molar-refractivity contribution in [1.82, 2.24) is 30.0 Å². The zero-order valence-electron chi connectivity index (χ0n) is 16.9. The third-order valence-electron chi connectivity index (χ3n) is 5.75. The van der Waals surface area contributed by atoms with E-state index in [0.717, 1.165) is 62.0 Å². The maximum Gasteiger partial charge on any atom is 0.231 e. The van der Waals surface area contributed by atoms with Gasteiger partial charge in [-0.1, -0.05) is 32.8 Å². The van der Waals surface area contributed by atoms with Crippen molar-refractivity contribution < 1.29 is 9.47 Å². The Morgan fingerprint density at radius 1 is 1.07 bits per heavy atom.